The highest BCUT2D eigenvalue weighted by Gasteiger charge is 2.43. The topological polar surface area (TPSA) is 20.2 Å². The van der Waals surface area contributed by atoms with E-state index in [-0.39, 0.29) is 0 Å². The van der Waals surface area contributed by atoms with Crippen LogP contribution in [0, 0.1) is 5.92 Å². The monoisotopic (exact) mass is 230 g/mol. The lowest BCUT2D eigenvalue weighted by molar-refractivity contribution is 0.153. The minimum absolute atomic E-state index is 0.380. The van der Waals surface area contributed by atoms with E-state index in [2.05, 4.69) is 19.1 Å². The van der Waals surface area contributed by atoms with Crippen LogP contribution in [0.4, 0.5) is 0 Å². The summed E-state index contributed by atoms with van der Waals surface area (Å²) in [5.41, 5.74) is 3.34. The fourth-order valence-corrected chi connectivity index (χ4v) is 4.32. The predicted octanol–water partition coefficient (Wildman–Crippen LogP) is 4.18. The van der Waals surface area contributed by atoms with Gasteiger partial charge in [-0.25, -0.2) is 0 Å². The quantitative estimate of drug-likeness (QED) is 0.767. The van der Waals surface area contributed by atoms with Gasteiger partial charge in [-0.1, -0.05) is 25.8 Å². The van der Waals surface area contributed by atoms with Gasteiger partial charge in [0.15, 0.2) is 0 Å². The zero-order valence-electron chi connectivity index (χ0n) is 10.7. The molecule has 2 atom stereocenters. The molecule has 0 aromatic heterocycles. The maximum absolute atomic E-state index is 9.79. The van der Waals surface area contributed by atoms with Gasteiger partial charge in [0.2, 0.25) is 0 Å². The van der Waals surface area contributed by atoms with Gasteiger partial charge in [-0.15, -0.1) is 0 Å². The Morgan fingerprint density at radius 2 is 2.18 bits per heavy atom. The van der Waals surface area contributed by atoms with Gasteiger partial charge in [0.1, 0.15) is 5.75 Å². The number of aryl methyl sites for hydroxylation is 1. The maximum atomic E-state index is 9.79. The smallest absolute Gasteiger partial charge is 0.115 e. The van der Waals surface area contributed by atoms with Crippen molar-refractivity contribution in [3.8, 4) is 5.75 Å². The Balaban J connectivity index is 2.13. The fourth-order valence-electron chi connectivity index (χ4n) is 4.32. The highest BCUT2D eigenvalue weighted by Crippen LogP contribution is 2.52. The molecule has 2 aliphatic carbocycles. The second-order valence-electron chi connectivity index (χ2n) is 5.83. The molecule has 1 N–H and O–H groups in total. The largest absolute Gasteiger partial charge is 0.508 e. The maximum Gasteiger partial charge on any atom is 0.115 e. The van der Waals surface area contributed by atoms with E-state index in [1.807, 2.05) is 6.07 Å². The molecule has 1 saturated carbocycles. The standard InChI is InChI=1S/C16H22O/c1-2-16-10-4-3-5-13(16)8-6-12-7-9-14(17)11-15(12)16/h7,9,11,13,17H,2-6,8,10H2,1H3/t13?,16-/m1/s1. The minimum Gasteiger partial charge on any atom is -0.508 e. The number of hydrogen-bond acceptors (Lipinski definition) is 1. The summed E-state index contributed by atoms with van der Waals surface area (Å²) in [6.45, 7) is 2.33. The number of rotatable bonds is 1. The van der Waals surface area contributed by atoms with Crippen LogP contribution >= 0.6 is 0 Å². The average molecular weight is 230 g/mol. The first-order valence-corrected chi connectivity index (χ1v) is 7.08. The predicted molar refractivity (Wildman–Crippen MR) is 70.4 cm³/mol. The highest BCUT2D eigenvalue weighted by molar-refractivity contribution is 5.43. The lowest BCUT2D eigenvalue weighted by Crippen LogP contribution is -2.41. The van der Waals surface area contributed by atoms with Crippen molar-refractivity contribution in [2.45, 2.75) is 57.3 Å². The molecule has 1 heteroatoms. The molecule has 0 radical (unpaired) electrons. The Morgan fingerprint density at radius 1 is 1.29 bits per heavy atom. The first-order chi connectivity index (χ1) is 8.26. The Kier molecular flexibility index (Phi) is 2.65. The molecule has 2 aliphatic rings. The van der Waals surface area contributed by atoms with Crippen molar-refractivity contribution in [2.24, 2.45) is 5.92 Å². The van der Waals surface area contributed by atoms with Gasteiger partial charge in [0.25, 0.3) is 0 Å². The zero-order chi connectivity index (χ0) is 11.9. The Hall–Kier alpha value is -0.980. The third-order valence-electron chi connectivity index (χ3n) is 5.23. The van der Waals surface area contributed by atoms with Crippen LogP contribution in [0.25, 0.3) is 0 Å². The third kappa shape index (κ3) is 1.59. The van der Waals surface area contributed by atoms with Crippen molar-refractivity contribution < 1.29 is 5.11 Å². The van der Waals surface area contributed by atoms with Crippen molar-refractivity contribution in [1.29, 1.82) is 0 Å². The number of phenolic OH excluding ortho intramolecular Hbond substituents is 1. The highest BCUT2D eigenvalue weighted by atomic mass is 16.3. The van der Waals surface area contributed by atoms with E-state index in [0.29, 0.717) is 11.2 Å². The lowest BCUT2D eigenvalue weighted by atomic mass is 9.56. The molecule has 3 rings (SSSR count). The Morgan fingerprint density at radius 3 is 3.00 bits per heavy atom. The van der Waals surface area contributed by atoms with E-state index in [1.165, 1.54) is 56.1 Å². The third-order valence-corrected chi connectivity index (χ3v) is 5.23. The van der Waals surface area contributed by atoms with Crippen molar-refractivity contribution in [3.63, 3.8) is 0 Å². The molecule has 0 saturated heterocycles. The second kappa shape index (κ2) is 4.04. The van der Waals surface area contributed by atoms with Gasteiger partial charge in [-0.2, -0.15) is 0 Å². The lowest BCUT2D eigenvalue weighted by Gasteiger charge is -2.48. The molecule has 1 aromatic rings. The van der Waals surface area contributed by atoms with Gasteiger partial charge < -0.3 is 5.11 Å². The van der Waals surface area contributed by atoms with Crippen LogP contribution in [-0.4, -0.2) is 5.11 Å². The summed E-state index contributed by atoms with van der Waals surface area (Å²) >= 11 is 0. The average Bonchev–Trinajstić information content (AvgIpc) is 2.38. The summed E-state index contributed by atoms with van der Waals surface area (Å²) < 4.78 is 0. The minimum atomic E-state index is 0.380. The summed E-state index contributed by atoms with van der Waals surface area (Å²) in [6, 6.07) is 6.05. The van der Waals surface area contributed by atoms with Crippen LogP contribution in [0.1, 0.15) is 56.6 Å². The fraction of sp³-hybridized carbons (Fsp3) is 0.625. The molecule has 1 unspecified atom stereocenters. The summed E-state index contributed by atoms with van der Waals surface area (Å²) in [4.78, 5) is 0. The van der Waals surface area contributed by atoms with Crippen LogP contribution in [-0.2, 0) is 11.8 Å². The van der Waals surface area contributed by atoms with Crippen LogP contribution in [0.5, 0.6) is 5.75 Å². The zero-order valence-corrected chi connectivity index (χ0v) is 10.7. The Labute approximate surface area is 104 Å². The summed E-state index contributed by atoms with van der Waals surface area (Å²) in [7, 11) is 0. The second-order valence-corrected chi connectivity index (χ2v) is 5.83. The van der Waals surface area contributed by atoms with Crippen LogP contribution in [0.3, 0.4) is 0 Å². The molecule has 1 nitrogen and oxygen atoms in total. The number of fused-ring (bicyclic) bond motifs is 3. The van der Waals surface area contributed by atoms with Gasteiger partial charge >= 0.3 is 0 Å². The first-order valence-electron chi connectivity index (χ1n) is 7.08. The van der Waals surface area contributed by atoms with Crippen LogP contribution < -0.4 is 0 Å². The van der Waals surface area contributed by atoms with Gasteiger partial charge in [0, 0.05) is 0 Å². The van der Waals surface area contributed by atoms with E-state index in [9.17, 15) is 5.11 Å². The number of aromatic hydroxyl groups is 1. The first kappa shape index (κ1) is 11.1. The molecule has 0 aliphatic heterocycles. The molecule has 0 spiro atoms. The van der Waals surface area contributed by atoms with Crippen LogP contribution in [0.15, 0.2) is 18.2 Å². The summed E-state index contributed by atoms with van der Waals surface area (Å²) in [5, 5.41) is 9.79. The molecular formula is C16H22O. The van der Waals surface area contributed by atoms with Crippen molar-refractivity contribution in [1.82, 2.24) is 0 Å². The van der Waals surface area contributed by atoms with Crippen molar-refractivity contribution in [2.75, 3.05) is 0 Å². The molecule has 0 amide bonds. The van der Waals surface area contributed by atoms with Gasteiger partial charge in [-0.3, -0.25) is 0 Å². The van der Waals surface area contributed by atoms with Crippen molar-refractivity contribution >= 4 is 0 Å². The van der Waals surface area contributed by atoms with Gasteiger partial charge in [-0.05, 0) is 66.7 Å². The number of benzene rings is 1. The molecule has 1 fully saturated rings. The molecule has 0 bridgehead atoms. The molecule has 17 heavy (non-hydrogen) atoms. The molecule has 92 valence electrons. The number of hydrogen-bond donors (Lipinski definition) is 1. The summed E-state index contributed by atoms with van der Waals surface area (Å²) in [5.74, 6) is 1.30. The molecule has 1 aromatic carbocycles. The van der Waals surface area contributed by atoms with E-state index >= 15 is 0 Å². The Bertz CT molecular complexity index is 424. The van der Waals surface area contributed by atoms with E-state index < -0.39 is 0 Å². The SMILES string of the molecule is CC[C@@]12CCCCC1CCc1ccc(O)cc12. The van der Waals surface area contributed by atoms with Gasteiger partial charge in [0.05, 0.1) is 0 Å². The summed E-state index contributed by atoms with van der Waals surface area (Å²) in [6.07, 6.45) is 9.27. The van der Waals surface area contributed by atoms with E-state index in [0.717, 1.165) is 5.92 Å². The normalized spacial score (nSPS) is 31.7. The van der Waals surface area contributed by atoms with Crippen LogP contribution in [0.2, 0.25) is 0 Å². The van der Waals surface area contributed by atoms with E-state index in [1.54, 1.807) is 0 Å². The number of phenols is 1. The molecule has 0 heterocycles. The molecular weight excluding hydrogens is 208 g/mol. The van der Waals surface area contributed by atoms with E-state index in [4.69, 9.17) is 0 Å². The van der Waals surface area contributed by atoms with Crippen molar-refractivity contribution in [3.05, 3.63) is 29.3 Å².